The van der Waals surface area contributed by atoms with E-state index < -0.39 is 13.9 Å². The Balaban J connectivity index is 3.96. The second-order valence-electron chi connectivity index (χ2n) is 11.5. The molecule has 1 unspecified atom stereocenters. The number of ether oxygens (including phenoxy) is 2. The fourth-order valence-corrected chi connectivity index (χ4v) is 4.77. The van der Waals surface area contributed by atoms with E-state index in [0.29, 0.717) is 30.8 Å². The van der Waals surface area contributed by atoms with Gasteiger partial charge in [-0.15, -0.1) is 6.58 Å². The van der Waals surface area contributed by atoms with E-state index >= 15 is 0 Å². The van der Waals surface area contributed by atoms with Crippen LogP contribution in [0.3, 0.4) is 0 Å². The van der Waals surface area contributed by atoms with Gasteiger partial charge in [-0.25, -0.2) is 0 Å². The molecule has 0 aliphatic carbocycles. The third-order valence-corrected chi connectivity index (χ3v) is 7.50. The van der Waals surface area contributed by atoms with Crippen LogP contribution in [0.25, 0.3) is 0 Å². The molecule has 0 radical (unpaired) electrons. The molecule has 0 saturated carbocycles. The summed E-state index contributed by atoms with van der Waals surface area (Å²) in [6, 6.07) is 0. The summed E-state index contributed by atoms with van der Waals surface area (Å²) in [6.45, 7) is 8.09. The van der Waals surface area contributed by atoms with Gasteiger partial charge in [0.1, 0.15) is 19.3 Å². The van der Waals surface area contributed by atoms with E-state index in [1.807, 2.05) is 27.2 Å². The van der Waals surface area contributed by atoms with Crippen molar-refractivity contribution in [2.24, 2.45) is 0 Å². The Hall–Kier alpha value is -0.270. The van der Waals surface area contributed by atoms with E-state index in [9.17, 15) is 9.46 Å². The molecule has 0 bridgehead atoms. The molecule has 0 fully saturated rings. The number of nitrogens with zero attached hydrogens (tertiary/aromatic N) is 1. The fraction of sp³-hybridized carbons (Fsp3) is 0.933. The van der Waals surface area contributed by atoms with Crippen molar-refractivity contribution < 1.29 is 32.5 Å². The predicted molar refractivity (Wildman–Crippen MR) is 157 cm³/mol. The highest BCUT2D eigenvalue weighted by Gasteiger charge is 2.17. The first kappa shape index (κ1) is 37.7. The van der Waals surface area contributed by atoms with Crippen molar-refractivity contribution in [1.82, 2.24) is 0 Å². The molecule has 0 aliphatic heterocycles. The van der Waals surface area contributed by atoms with E-state index in [4.69, 9.17) is 18.5 Å². The number of phosphoric acid groups is 1. The molecule has 0 aromatic heterocycles. The molecule has 0 spiro atoms. The number of likely N-dealkylation sites (N-methyl/N-ethyl adjacent to an activating group) is 1. The molecule has 0 amide bonds. The van der Waals surface area contributed by atoms with Gasteiger partial charge >= 0.3 is 0 Å². The van der Waals surface area contributed by atoms with Crippen LogP contribution in [-0.4, -0.2) is 71.3 Å². The summed E-state index contributed by atoms with van der Waals surface area (Å²) in [5.74, 6) is 0. The van der Waals surface area contributed by atoms with Crippen LogP contribution in [0.5, 0.6) is 0 Å². The minimum absolute atomic E-state index is 0.0903. The Labute approximate surface area is 235 Å². The molecule has 2 atom stereocenters. The van der Waals surface area contributed by atoms with Gasteiger partial charge in [0.25, 0.3) is 7.82 Å². The van der Waals surface area contributed by atoms with Crippen molar-refractivity contribution in [3.05, 3.63) is 12.7 Å². The van der Waals surface area contributed by atoms with Crippen molar-refractivity contribution in [2.45, 2.75) is 122 Å². The monoisotopic (exact) mass is 563 g/mol. The molecule has 0 N–H and O–H groups in total. The van der Waals surface area contributed by atoms with Crippen LogP contribution < -0.4 is 4.89 Å². The Morgan fingerprint density at radius 1 is 0.737 bits per heavy atom. The van der Waals surface area contributed by atoms with E-state index in [-0.39, 0.29) is 13.2 Å². The zero-order chi connectivity index (χ0) is 28.4. The van der Waals surface area contributed by atoms with Crippen molar-refractivity contribution in [1.29, 1.82) is 0 Å². The summed E-state index contributed by atoms with van der Waals surface area (Å²) in [5.41, 5.74) is 0. The summed E-state index contributed by atoms with van der Waals surface area (Å²) >= 11 is 0. The molecular weight excluding hydrogens is 501 g/mol. The maximum Gasteiger partial charge on any atom is 0.268 e. The third kappa shape index (κ3) is 28.7. The smallest absolute Gasteiger partial charge is 0.268 e. The molecule has 0 aromatic rings. The zero-order valence-electron chi connectivity index (χ0n) is 25.5. The first-order valence-corrected chi connectivity index (χ1v) is 16.9. The van der Waals surface area contributed by atoms with E-state index in [1.54, 1.807) is 0 Å². The van der Waals surface area contributed by atoms with Crippen LogP contribution in [0.15, 0.2) is 12.7 Å². The van der Waals surface area contributed by atoms with Gasteiger partial charge in [0.15, 0.2) is 0 Å². The summed E-state index contributed by atoms with van der Waals surface area (Å²) in [7, 11) is 1.57. The Morgan fingerprint density at radius 2 is 1.26 bits per heavy atom. The van der Waals surface area contributed by atoms with Gasteiger partial charge in [-0.05, 0) is 25.7 Å². The summed E-state index contributed by atoms with van der Waals surface area (Å²) in [5, 5.41) is 0. The van der Waals surface area contributed by atoms with Crippen molar-refractivity contribution in [2.75, 3.05) is 60.7 Å². The van der Waals surface area contributed by atoms with Crippen LogP contribution in [0.2, 0.25) is 0 Å². The van der Waals surface area contributed by atoms with Gasteiger partial charge in [0, 0.05) is 13.2 Å². The summed E-state index contributed by atoms with van der Waals surface area (Å²) < 4.78 is 34.5. The number of rotatable bonds is 30. The van der Waals surface area contributed by atoms with Crippen molar-refractivity contribution in [3.8, 4) is 0 Å². The number of phosphoric ester groups is 1. The first-order chi connectivity index (χ1) is 18.2. The number of unbranched alkanes of at least 4 members (excludes halogenated alkanes) is 15. The Morgan fingerprint density at radius 3 is 1.79 bits per heavy atom. The van der Waals surface area contributed by atoms with Crippen molar-refractivity contribution >= 4 is 7.82 Å². The molecule has 7 nitrogen and oxygen atoms in total. The average Bonchev–Trinajstić information content (AvgIpc) is 2.85. The Kier molecular flexibility index (Phi) is 25.5. The van der Waals surface area contributed by atoms with Crippen LogP contribution in [0, 0.1) is 0 Å². The largest absolute Gasteiger partial charge is 0.756 e. The summed E-state index contributed by atoms with van der Waals surface area (Å²) in [4.78, 5) is 12.1. The molecule has 0 aliphatic rings. The molecule has 0 rings (SSSR count). The number of allylic oxidation sites excluding steroid dienone is 1. The normalized spacial score (nSPS) is 14.4. The van der Waals surface area contributed by atoms with Crippen LogP contribution >= 0.6 is 7.82 Å². The first-order valence-electron chi connectivity index (χ1n) is 15.4. The molecule has 0 saturated heterocycles. The SMILES string of the molecule is C=CCCCCO[C@@H](COCCCCCCCCCCCCCCCC)COP(=O)([O-])OCC[N+](C)(C)C. The average molecular weight is 564 g/mol. The topological polar surface area (TPSA) is 77.1 Å². The fourth-order valence-electron chi connectivity index (χ4n) is 4.04. The predicted octanol–water partition coefficient (Wildman–Crippen LogP) is 7.43. The van der Waals surface area contributed by atoms with Gasteiger partial charge in [-0.3, -0.25) is 4.57 Å². The van der Waals surface area contributed by atoms with E-state index in [0.717, 1.165) is 32.1 Å². The van der Waals surface area contributed by atoms with Gasteiger partial charge in [0.2, 0.25) is 0 Å². The molecule has 8 heteroatoms. The minimum Gasteiger partial charge on any atom is -0.756 e. The highest BCUT2D eigenvalue weighted by Crippen LogP contribution is 2.38. The third-order valence-electron chi connectivity index (χ3n) is 6.53. The van der Waals surface area contributed by atoms with E-state index in [2.05, 4.69) is 13.5 Å². The number of quaternary nitrogens is 1. The highest BCUT2D eigenvalue weighted by molar-refractivity contribution is 7.45. The molecule has 38 heavy (non-hydrogen) atoms. The Bertz CT molecular complexity index is 569. The van der Waals surface area contributed by atoms with Gasteiger partial charge in [0.05, 0.1) is 34.4 Å². The lowest BCUT2D eigenvalue weighted by Crippen LogP contribution is -2.37. The second-order valence-corrected chi connectivity index (χ2v) is 12.9. The quantitative estimate of drug-likeness (QED) is 0.0391. The molecule has 0 heterocycles. The van der Waals surface area contributed by atoms with Crippen molar-refractivity contribution in [3.63, 3.8) is 0 Å². The maximum absolute atomic E-state index is 12.1. The number of hydrogen-bond acceptors (Lipinski definition) is 6. The number of hydrogen-bond donors (Lipinski definition) is 0. The van der Waals surface area contributed by atoms with Crippen LogP contribution in [0.1, 0.15) is 116 Å². The summed E-state index contributed by atoms with van der Waals surface area (Å²) in [6.07, 6.45) is 22.8. The standard InChI is InChI=1S/C30H62NO6P/c1-6-8-10-12-13-14-15-16-17-18-19-20-21-22-25-34-28-30(35-26-23-11-9-7-2)29-37-38(32,33)36-27-24-31(3,4)5/h7,30H,2,6,8-29H2,1,3-5H3/t30-/m0/s1. The van der Waals surface area contributed by atoms with Gasteiger partial charge in [-0.2, -0.15) is 0 Å². The molecular formula is C30H62NO6P. The lowest BCUT2D eigenvalue weighted by atomic mass is 10.0. The van der Waals surface area contributed by atoms with Gasteiger partial charge in [-0.1, -0.05) is 96.5 Å². The molecule has 0 aromatic carbocycles. The minimum atomic E-state index is -4.37. The second kappa shape index (κ2) is 25.7. The van der Waals surface area contributed by atoms with Crippen LogP contribution in [0.4, 0.5) is 0 Å². The maximum atomic E-state index is 12.1. The lowest BCUT2D eigenvalue weighted by Gasteiger charge is -2.28. The van der Waals surface area contributed by atoms with Gasteiger partial charge < -0.3 is 27.9 Å². The lowest BCUT2D eigenvalue weighted by molar-refractivity contribution is -0.870. The van der Waals surface area contributed by atoms with Crippen LogP contribution in [-0.2, 0) is 23.1 Å². The highest BCUT2D eigenvalue weighted by atomic mass is 31.2. The molecule has 228 valence electrons. The zero-order valence-corrected chi connectivity index (χ0v) is 26.4. The van der Waals surface area contributed by atoms with E-state index in [1.165, 1.54) is 77.0 Å².